The lowest BCUT2D eigenvalue weighted by atomic mass is 10.1. The molecule has 0 fully saturated rings. The van der Waals surface area contributed by atoms with E-state index in [1.807, 2.05) is 6.92 Å². The van der Waals surface area contributed by atoms with Crippen LogP contribution in [0.25, 0.3) is 0 Å². The van der Waals surface area contributed by atoms with Crippen molar-refractivity contribution in [2.45, 2.75) is 50.6 Å². The Morgan fingerprint density at radius 2 is 1.66 bits per heavy atom. The van der Waals surface area contributed by atoms with Crippen molar-refractivity contribution in [3.8, 4) is 5.75 Å². The summed E-state index contributed by atoms with van der Waals surface area (Å²) in [6, 6.07) is 18.4. The van der Waals surface area contributed by atoms with Crippen LogP contribution in [0.3, 0.4) is 0 Å². The molecule has 0 aliphatic heterocycles. The van der Waals surface area contributed by atoms with Crippen LogP contribution in [0, 0.1) is 0 Å². The van der Waals surface area contributed by atoms with Crippen molar-refractivity contribution in [2.75, 3.05) is 24.5 Å². The lowest BCUT2D eigenvalue weighted by Crippen LogP contribution is -2.52. The van der Waals surface area contributed by atoms with Gasteiger partial charge in [-0.15, -0.1) is 0 Å². The summed E-state index contributed by atoms with van der Waals surface area (Å²) in [6.45, 7) is 3.74. The van der Waals surface area contributed by atoms with Gasteiger partial charge < -0.3 is 15.0 Å². The number of hydrogen-bond acceptors (Lipinski definition) is 5. The highest BCUT2D eigenvalue weighted by Crippen LogP contribution is 2.27. The van der Waals surface area contributed by atoms with E-state index >= 15 is 0 Å². The number of unbranched alkanes of at least 4 members (excludes halogenated alkanes) is 1. The van der Waals surface area contributed by atoms with Gasteiger partial charge in [0, 0.05) is 23.1 Å². The van der Waals surface area contributed by atoms with Gasteiger partial charge >= 0.3 is 0 Å². The van der Waals surface area contributed by atoms with Gasteiger partial charge in [0.25, 0.3) is 10.0 Å². The van der Waals surface area contributed by atoms with E-state index in [9.17, 15) is 18.0 Å². The molecule has 0 unspecified atom stereocenters. The predicted octanol–water partition coefficient (Wildman–Crippen LogP) is 5.92. The molecule has 0 aliphatic carbocycles. The van der Waals surface area contributed by atoms with Crippen LogP contribution in [0.5, 0.6) is 5.75 Å². The summed E-state index contributed by atoms with van der Waals surface area (Å²) in [5.41, 5.74) is 0.884. The first kappa shape index (κ1) is 32.2. The van der Waals surface area contributed by atoms with Crippen molar-refractivity contribution in [3.63, 3.8) is 0 Å². The smallest absolute Gasteiger partial charge is 0.264 e. The molecule has 0 saturated carbocycles. The molecule has 1 N–H and O–H groups in total. The Morgan fingerprint density at radius 3 is 2.24 bits per heavy atom. The molecule has 0 aliphatic rings. The average molecular weight is 621 g/mol. The van der Waals surface area contributed by atoms with E-state index < -0.39 is 28.5 Å². The predicted molar refractivity (Wildman–Crippen MR) is 163 cm³/mol. The zero-order valence-electron chi connectivity index (χ0n) is 23.3. The number of para-hydroxylation sites is 1. The molecule has 2 amide bonds. The molecule has 0 spiro atoms. The van der Waals surface area contributed by atoms with Crippen LogP contribution in [0.4, 0.5) is 5.69 Å². The Balaban J connectivity index is 2.03. The molecule has 0 saturated heterocycles. The number of ether oxygens (including phenoxy) is 1. The molecule has 3 aromatic carbocycles. The average Bonchev–Trinajstić information content (AvgIpc) is 2.97. The summed E-state index contributed by atoms with van der Waals surface area (Å²) in [5.74, 6) is -0.379. The molecule has 1 atom stereocenters. The highest BCUT2D eigenvalue weighted by atomic mass is 35.5. The van der Waals surface area contributed by atoms with E-state index in [1.54, 1.807) is 67.6 Å². The maximum Gasteiger partial charge on any atom is 0.264 e. The van der Waals surface area contributed by atoms with Crippen molar-refractivity contribution >= 4 is 50.7 Å². The summed E-state index contributed by atoms with van der Waals surface area (Å²) >= 11 is 12.5. The standard InChI is InChI=1S/C30H35Cl2N3O5S/c1-4-6-18-33-30(37)28(5-2)34(20-22-12-13-23(31)19-27(22)32)29(36)21-35(24-10-8-7-9-11-24)41(38,39)26-16-14-25(40-3)15-17-26/h7-17,19,28H,4-6,18,20-21H2,1-3H3,(H,33,37)/t28-/m0/s1. The number of amides is 2. The number of nitrogens with one attached hydrogen (secondary N) is 1. The summed E-state index contributed by atoms with van der Waals surface area (Å²) in [6.07, 6.45) is 2.00. The number of carbonyl (C=O) groups excluding carboxylic acids is 2. The van der Waals surface area contributed by atoms with Gasteiger partial charge in [0.2, 0.25) is 11.8 Å². The molecule has 8 nitrogen and oxygen atoms in total. The number of sulfonamides is 1. The molecule has 41 heavy (non-hydrogen) atoms. The molecule has 3 rings (SSSR count). The van der Waals surface area contributed by atoms with E-state index in [2.05, 4.69) is 5.32 Å². The third-order valence-corrected chi connectivity index (χ3v) is 8.92. The number of carbonyl (C=O) groups is 2. The molecule has 220 valence electrons. The lowest BCUT2D eigenvalue weighted by Gasteiger charge is -2.33. The quantitative estimate of drug-likeness (QED) is 0.226. The van der Waals surface area contributed by atoms with Gasteiger partial charge in [-0.1, -0.05) is 67.7 Å². The summed E-state index contributed by atoms with van der Waals surface area (Å²) in [5, 5.41) is 3.67. The van der Waals surface area contributed by atoms with Gasteiger partial charge in [0.15, 0.2) is 0 Å². The number of anilines is 1. The Kier molecular flexibility index (Phi) is 11.9. The summed E-state index contributed by atoms with van der Waals surface area (Å²) in [7, 11) is -2.69. The number of benzene rings is 3. The van der Waals surface area contributed by atoms with Crippen molar-refractivity contribution in [1.29, 1.82) is 0 Å². The fraction of sp³-hybridized carbons (Fsp3) is 0.333. The summed E-state index contributed by atoms with van der Waals surface area (Å²) < 4.78 is 34.0. The van der Waals surface area contributed by atoms with Crippen molar-refractivity contribution in [3.05, 3.63) is 88.4 Å². The van der Waals surface area contributed by atoms with Crippen LogP contribution in [-0.4, -0.2) is 51.4 Å². The van der Waals surface area contributed by atoms with Crippen LogP contribution in [-0.2, 0) is 26.2 Å². The summed E-state index contributed by atoms with van der Waals surface area (Å²) in [4.78, 5) is 28.7. The van der Waals surface area contributed by atoms with Crippen molar-refractivity contribution in [1.82, 2.24) is 10.2 Å². The highest BCUT2D eigenvalue weighted by Gasteiger charge is 2.34. The fourth-order valence-corrected chi connectivity index (χ4v) is 6.14. The van der Waals surface area contributed by atoms with Crippen LogP contribution < -0.4 is 14.4 Å². The minimum Gasteiger partial charge on any atom is -0.497 e. The van der Waals surface area contributed by atoms with Crippen LogP contribution in [0.15, 0.2) is 77.7 Å². The molecular formula is C30H35Cl2N3O5S. The fourth-order valence-electron chi connectivity index (χ4n) is 4.26. The molecule has 0 heterocycles. The van der Waals surface area contributed by atoms with Gasteiger partial charge in [-0.2, -0.15) is 0 Å². The minimum absolute atomic E-state index is 0.00778. The lowest BCUT2D eigenvalue weighted by molar-refractivity contribution is -0.140. The van der Waals surface area contributed by atoms with Crippen LogP contribution in [0.2, 0.25) is 10.0 Å². The Bertz CT molecular complexity index is 1420. The second kappa shape index (κ2) is 15.1. The van der Waals surface area contributed by atoms with E-state index in [4.69, 9.17) is 27.9 Å². The SMILES string of the molecule is CCCCNC(=O)[C@H](CC)N(Cc1ccc(Cl)cc1Cl)C(=O)CN(c1ccccc1)S(=O)(=O)c1ccc(OC)cc1. The maximum atomic E-state index is 14.1. The Labute approximate surface area is 252 Å². The largest absolute Gasteiger partial charge is 0.497 e. The molecular weight excluding hydrogens is 585 g/mol. The van der Waals surface area contributed by atoms with E-state index in [1.165, 1.54) is 24.1 Å². The molecule has 3 aromatic rings. The van der Waals surface area contributed by atoms with Crippen LogP contribution in [0.1, 0.15) is 38.7 Å². The van der Waals surface area contributed by atoms with Crippen molar-refractivity contribution < 1.29 is 22.7 Å². The number of nitrogens with zero attached hydrogens (tertiary/aromatic N) is 2. The van der Waals surface area contributed by atoms with Crippen LogP contribution >= 0.6 is 23.2 Å². The van der Waals surface area contributed by atoms with E-state index in [0.29, 0.717) is 40.0 Å². The number of methoxy groups -OCH3 is 1. The second-order valence-electron chi connectivity index (χ2n) is 9.35. The third-order valence-electron chi connectivity index (χ3n) is 6.54. The van der Waals surface area contributed by atoms with Gasteiger partial charge in [-0.05, 0) is 66.9 Å². The van der Waals surface area contributed by atoms with E-state index in [0.717, 1.165) is 17.1 Å². The highest BCUT2D eigenvalue weighted by molar-refractivity contribution is 7.92. The minimum atomic E-state index is -4.18. The first-order valence-electron chi connectivity index (χ1n) is 13.3. The molecule has 11 heteroatoms. The van der Waals surface area contributed by atoms with E-state index in [-0.39, 0.29) is 17.3 Å². The number of hydrogen-bond donors (Lipinski definition) is 1. The van der Waals surface area contributed by atoms with Gasteiger partial charge in [0.05, 0.1) is 17.7 Å². The zero-order valence-corrected chi connectivity index (χ0v) is 25.7. The third kappa shape index (κ3) is 8.38. The van der Waals surface area contributed by atoms with Gasteiger partial charge in [-0.3, -0.25) is 13.9 Å². The Hall–Kier alpha value is -3.27. The van der Waals surface area contributed by atoms with Gasteiger partial charge in [-0.25, -0.2) is 8.42 Å². The van der Waals surface area contributed by atoms with Crippen molar-refractivity contribution in [2.24, 2.45) is 0 Å². The Morgan fingerprint density at radius 1 is 0.976 bits per heavy atom. The van der Waals surface area contributed by atoms with Gasteiger partial charge in [0.1, 0.15) is 18.3 Å². The molecule has 0 bridgehead atoms. The first-order valence-corrected chi connectivity index (χ1v) is 15.5. The maximum absolute atomic E-state index is 14.1. The molecule has 0 aromatic heterocycles. The number of rotatable bonds is 14. The normalized spacial score (nSPS) is 11.9. The monoisotopic (exact) mass is 619 g/mol. The topological polar surface area (TPSA) is 96.0 Å². The second-order valence-corrected chi connectivity index (χ2v) is 12.1. The number of halogens is 2. The zero-order chi connectivity index (χ0) is 30.0. The first-order chi connectivity index (χ1) is 19.6. The molecule has 0 radical (unpaired) electrons.